The van der Waals surface area contributed by atoms with Gasteiger partial charge in [0.2, 0.25) is 0 Å². The Hall–Kier alpha value is -1.10. The Bertz CT molecular complexity index is 422. The lowest BCUT2D eigenvalue weighted by atomic mass is 9.80. The van der Waals surface area contributed by atoms with Crippen molar-refractivity contribution in [1.82, 2.24) is 4.98 Å². The summed E-state index contributed by atoms with van der Waals surface area (Å²) in [5.74, 6) is -0.293. The smallest absolute Gasteiger partial charge is 0.355 e. The lowest BCUT2D eigenvalue weighted by molar-refractivity contribution is 0.0691. The molecule has 0 aromatic carbocycles. The molecule has 1 aliphatic rings. The van der Waals surface area contributed by atoms with E-state index in [1.165, 1.54) is 11.3 Å². The molecule has 0 amide bonds. The minimum absolute atomic E-state index is 0.157. The van der Waals surface area contributed by atoms with Crippen molar-refractivity contribution in [3.05, 3.63) is 11.1 Å². The minimum atomic E-state index is -0.945. The van der Waals surface area contributed by atoms with Crippen molar-refractivity contribution >= 4 is 22.4 Å². The zero-order chi connectivity index (χ0) is 12.6. The first-order valence-electron chi connectivity index (χ1n) is 5.81. The molecule has 1 unspecified atom stereocenters. The highest BCUT2D eigenvalue weighted by Gasteiger charge is 2.32. The first kappa shape index (κ1) is 12.4. The number of thiazole rings is 1. The fourth-order valence-electron chi connectivity index (χ4n) is 2.15. The first-order chi connectivity index (χ1) is 7.88. The topological polar surface area (TPSA) is 53.4 Å². The van der Waals surface area contributed by atoms with Crippen LogP contribution < -0.4 is 4.90 Å². The SMILES string of the molecule is CC(C)(C)C1CCN(c2nc(C(=O)O)cs2)C1. The van der Waals surface area contributed by atoms with Crippen LogP contribution in [0.15, 0.2) is 5.38 Å². The Morgan fingerprint density at radius 1 is 1.59 bits per heavy atom. The molecular weight excluding hydrogens is 236 g/mol. The number of carboxylic acid groups (broad SMARTS) is 1. The highest BCUT2D eigenvalue weighted by atomic mass is 32.1. The van der Waals surface area contributed by atoms with Gasteiger partial charge in [0.25, 0.3) is 0 Å². The molecule has 2 rings (SSSR count). The third-order valence-corrected chi connectivity index (χ3v) is 4.30. The maximum absolute atomic E-state index is 10.8. The van der Waals surface area contributed by atoms with Gasteiger partial charge in [-0.1, -0.05) is 20.8 Å². The molecule has 0 aliphatic carbocycles. The molecule has 0 spiro atoms. The van der Waals surface area contributed by atoms with Crippen LogP contribution in [0.5, 0.6) is 0 Å². The van der Waals surface area contributed by atoms with E-state index in [2.05, 4.69) is 30.7 Å². The van der Waals surface area contributed by atoms with E-state index < -0.39 is 5.97 Å². The molecule has 4 nitrogen and oxygen atoms in total. The number of hydrogen-bond acceptors (Lipinski definition) is 4. The third kappa shape index (κ3) is 2.60. The number of anilines is 1. The summed E-state index contributed by atoms with van der Waals surface area (Å²) in [5.41, 5.74) is 0.464. The Balaban J connectivity index is 2.07. The second-order valence-corrected chi connectivity index (χ2v) is 6.45. The largest absolute Gasteiger partial charge is 0.476 e. The number of carboxylic acids is 1. The molecule has 1 atom stereocenters. The van der Waals surface area contributed by atoms with E-state index in [9.17, 15) is 4.79 Å². The second-order valence-electron chi connectivity index (χ2n) is 5.62. The molecule has 17 heavy (non-hydrogen) atoms. The van der Waals surface area contributed by atoms with Crippen molar-refractivity contribution in [2.75, 3.05) is 18.0 Å². The third-order valence-electron chi connectivity index (χ3n) is 3.39. The van der Waals surface area contributed by atoms with Gasteiger partial charge >= 0.3 is 5.97 Å². The Labute approximate surface area is 105 Å². The summed E-state index contributed by atoms with van der Waals surface area (Å²) in [6.07, 6.45) is 1.16. The average Bonchev–Trinajstić information content (AvgIpc) is 2.85. The molecule has 2 heterocycles. The summed E-state index contributed by atoms with van der Waals surface area (Å²) in [6.45, 7) is 8.73. The van der Waals surface area contributed by atoms with Gasteiger partial charge in [0, 0.05) is 18.5 Å². The summed E-state index contributed by atoms with van der Waals surface area (Å²) in [5, 5.41) is 11.3. The van der Waals surface area contributed by atoms with Gasteiger partial charge in [-0.05, 0) is 17.8 Å². The molecule has 0 bridgehead atoms. The lowest BCUT2D eigenvalue weighted by Crippen LogP contribution is -2.25. The maximum atomic E-state index is 10.8. The van der Waals surface area contributed by atoms with Crippen LogP contribution in [0.4, 0.5) is 5.13 Å². The van der Waals surface area contributed by atoms with Crippen molar-refractivity contribution < 1.29 is 9.90 Å². The summed E-state index contributed by atoms with van der Waals surface area (Å²) in [4.78, 5) is 17.1. The van der Waals surface area contributed by atoms with Crippen LogP contribution in [0, 0.1) is 11.3 Å². The van der Waals surface area contributed by atoms with Crippen molar-refractivity contribution in [2.45, 2.75) is 27.2 Å². The van der Waals surface area contributed by atoms with Gasteiger partial charge in [-0.3, -0.25) is 0 Å². The van der Waals surface area contributed by atoms with Crippen LogP contribution in [-0.2, 0) is 0 Å². The molecule has 1 aromatic heterocycles. The van der Waals surface area contributed by atoms with Gasteiger partial charge in [0.1, 0.15) is 0 Å². The minimum Gasteiger partial charge on any atom is -0.476 e. The highest BCUT2D eigenvalue weighted by molar-refractivity contribution is 7.13. The van der Waals surface area contributed by atoms with Crippen LogP contribution in [0.3, 0.4) is 0 Å². The molecule has 1 saturated heterocycles. The van der Waals surface area contributed by atoms with Gasteiger partial charge < -0.3 is 10.0 Å². The summed E-state index contributed by atoms with van der Waals surface area (Å²) in [6, 6.07) is 0. The molecule has 94 valence electrons. The Morgan fingerprint density at radius 3 is 2.76 bits per heavy atom. The van der Waals surface area contributed by atoms with E-state index >= 15 is 0 Å². The Morgan fingerprint density at radius 2 is 2.29 bits per heavy atom. The monoisotopic (exact) mass is 254 g/mol. The predicted octanol–water partition coefficient (Wildman–Crippen LogP) is 2.71. The standard InChI is InChI=1S/C12H18N2O2S/c1-12(2,3)8-4-5-14(6-8)11-13-9(7-17-11)10(15)16/h7-8H,4-6H2,1-3H3,(H,15,16). The molecule has 1 aliphatic heterocycles. The fourth-order valence-corrected chi connectivity index (χ4v) is 2.99. The van der Waals surface area contributed by atoms with Gasteiger partial charge in [-0.2, -0.15) is 0 Å². The molecule has 0 radical (unpaired) electrons. The summed E-state index contributed by atoms with van der Waals surface area (Å²) in [7, 11) is 0. The normalized spacial score (nSPS) is 20.9. The highest BCUT2D eigenvalue weighted by Crippen LogP contribution is 2.36. The molecule has 0 saturated carbocycles. The van der Waals surface area contributed by atoms with E-state index in [0.29, 0.717) is 11.3 Å². The van der Waals surface area contributed by atoms with Gasteiger partial charge in [-0.15, -0.1) is 11.3 Å². The van der Waals surface area contributed by atoms with E-state index in [1.807, 2.05) is 0 Å². The number of carbonyl (C=O) groups is 1. The van der Waals surface area contributed by atoms with Crippen molar-refractivity contribution in [3.8, 4) is 0 Å². The van der Waals surface area contributed by atoms with Crippen LogP contribution in [-0.4, -0.2) is 29.1 Å². The number of nitrogens with zero attached hydrogens (tertiary/aromatic N) is 2. The Kier molecular flexibility index (Phi) is 3.12. The molecule has 1 aromatic rings. The van der Waals surface area contributed by atoms with Crippen LogP contribution in [0.25, 0.3) is 0 Å². The van der Waals surface area contributed by atoms with Gasteiger partial charge in [0.15, 0.2) is 10.8 Å². The van der Waals surface area contributed by atoms with Crippen molar-refractivity contribution in [1.29, 1.82) is 0 Å². The van der Waals surface area contributed by atoms with Crippen molar-refractivity contribution in [3.63, 3.8) is 0 Å². The van der Waals surface area contributed by atoms with Crippen LogP contribution in [0.1, 0.15) is 37.7 Å². The van der Waals surface area contributed by atoms with E-state index in [4.69, 9.17) is 5.11 Å². The number of hydrogen-bond donors (Lipinski definition) is 1. The number of aromatic nitrogens is 1. The van der Waals surface area contributed by atoms with E-state index in [-0.39, 0.29) is 5.69 Å². The van der Waals surface area contributed by atoms with Gasteiger partial charge in [0.05, 0.1) is 0 Å². The zero-order valence-corrected chi connectivity index (χ0v) is 11.3. The molecule has 1 fully saturated rings. The lowest BCUT2D eigenvalue weighted by Gasteiger charge is -2.26. The van der Waals surface area contributed by atoms with Crippen molar-refractivity contribution in [2.24, 2.45) is 11.3 Å². The summed E-state index contributed by atoms with van der Waals surface area (Å²) < 4.78 is 0. The van der Waals surface area contributed by atoms with E-state index in [1.54, 1.807) is 5.38 Å². The predicted molar refractivity (Wildman–Crippen MR) is 68.8 cm³/mol. The number of rotatable bonds is 2. The molecular formula is C12H18N2O2S. The quantitative estimate of drug-likeness (QED) is 0.881. The average molecular weight is 254 g/mol. The maximum Gasteiger partial charge on any atom is 0.355 e. The number of aromatic carboxylic acids is 1. The summed E-state index contributed by atoms with van der Waals surface area (Å²) >= 11 is 1.42. The molecule has 5 heteroatoms. The molecule has 1 N–H and O–H groups in total. The van der Waals surface area contributed by atoms with Crippen LogP contribution in [0.2, 0.25) is 0 Å². The van der Waals surface area contributed by atoms with E-state index in [0.717, 1.165) is 24.6 Å². The second kappa shape index (κ2) is 4.29. The van der Waals surface area contributed by atoms with Crippen LogP contribution >= 0.6 is 11.3 Å². The first-order valence-corrected chi connectivity index (χ1v) is 6.69. The van der Waals surface area contributed by atoms with Gasteiger partial charge in [-0.25, -0.2) is 9.78 Å². The fraction of sp³-hybridized carbons (Fsp3) is 0.667. The zero-order valence-electron chi connectivity index (χ0n) is 10.4.